The minimum absolute atomic E-state index is 0.00588. The Hall–Kier alpha value is -0.610. The molecule has 0 aliphatic heterocycles. The van der Waals surface area contributed by atoms with Gasteiger partial charge in [0.05, 0.1) is 12.1 Å². The molecule has 1 rings (SSSR count). The zero-order valence-electron chi connectivity index (χ0n) is 11.3. The summed E-state index contributed by atoms with van der Waals surface area (Å²) in [4.78, 5) is 2.07. The second-order valence-corrected chi connectivity index (χ2v) is 5.23. The fourth-order valence-electron chi connectivity index (χ4n) is 2.26. The Kier molecular flexibility index (Phi) is 6.09. The lowest BCUT2D eigenvalue weighted by Gasteiger charge is -2.34. The number of benzene rings is 1. The fourth-order valence-corrected chi connectivity index (χ4v) is 2.51. The van der Waals surface area contributed by atoms with Crippen LogP contribution in [-0.4, -0.2) is 35.7 Å². The maximum absolute atomic E-state index is 9.53. The molecule has 0 aliphatic rings. The molecular formula is C14H23ClN2O. The number of rotatable bonds is 6. The third kappa shape index (κ3) is 3.95. The summed E-state index contributed by atoms with van der Waals surface area (Å²) in [6.07, 6.45) is 0.476. The summed E-state index contributed by atoms with van der Waals surface area (Å²) in [6, 6.07) is 7.78. The predicted octanol–water partition coefficient (Wildman–Crippen LogP) is 2.43. The number of aliphatic hydroxyl groups is 1. The number of likely N-dealkylation sites (N-methyl/N-ethyl adjacent to an activating group) is 1. The molecule has 0 aromatic heterocycles. The highest BCUT2D eigenvalue weighted by Gasteiger charge is 2.25. The SMILES string of the molecule is CCC(N)C(c1ccccc1Cl)N(C)CC(C)O. The van der Waals surface area contributed by atoms with Crippen molar-refractivity contribution in [2.75, 3.05) is 13.6 Å². The predicted molar refractivity (Wildman–Crippen MR) is 76.8 cm³/mol. The lowest BCUT2D eigenvalue weighted by Crippen LogP contribution is -2.41. The van der Waals surface area contributed by atoms with E-state index in [1.807, 2.05) is 31.3 Å². The maximum Gasteiger partial charge on any atom is 0.0639 e. The van der Waals surface area contributed by atoms with Gasteiger partial charge in [0.2, 0.25) is 0 Å². The van der Waals surface area contributed by atoms with Gasteiger partial charge in [0.25, 0.3) is 0 Å². The molecule has 0 saturated heterocycles. The molecule has 0 amide bonds. The fraction of sp³-hybridized carbons (Fsp3) is 0.571. The van der Waals surface area contributed by atoms with E-state index in [4.69, 9.17) is 17.3 Å². The molecule has 0 heterocycles. The van der Waals surface area contributed by atoms with Crippen molar-refractivity contribution in [3.05, 3.63) is 34.9 Å². The van der Waals surface area contributed by atoms with E-state index in [-0.39, 0.29) is 18.2 Å². The Morgan fingerprint density at radius 2 is 2.00 bits per heavy atom. The summed E-state index contributed by atoms with van der Waals surface area (Å²) >= 11 is 6.26. The van der Waals surface area contributed by atoms with Gasteiger partial charge >= 0.3 is 0 Å². The van der Waals surface area contributed by atoms with Crippen molar-refractivity contribution >= 4 is 11.6 Å². The molecule has 18 heavy (non-hydrogen) atoms. The molecule has 0 spiro atoms. The molecule has 0 saturated carbocycles. The minimum atomic E-state index is -0.385. The molecule has 102 valence electrons. The van der Waals surface area contributed by atoms with Crippen molar-refractivity contribution in [2.24, 2.45) is 5.73 Å². The highest BCUT2D eigenvalue weighted by Crippen LogP contribution is 2.29. The Labute approximate surface area is 115 Å². The first-order valence-corrected chi connectivity index (χ1v) is 6.73. The Bertz CT molecular complexity index is 371. The van der Waals surface area contributed by atoms with E-state index in [2.05, 4.69) is 11.8 Å². The van der Waals surface area contributed by atoms with E-state index in [1.165, 1.54) is 0 Å². The largest absolute Gasteiger partial charge is 0.392 e. The van der Waals surface area contributed by atoms with Gasteiger partial charge in [-0.1, -0.05) is 36.7 Å². The Morgan fingerprint density at radius 1 is 1.39 bits per heavy atom. The van der Waals surface area contributed by atoms with Crippen LogP contribution in [0.3, 0.4) is 0 Å². The first-order chi connectivity index (χ1) is 8.47. The third-order valence-corrected chi connectivity index (χ3v) is 3.47. The molecule has 4 heteroatoms. The van der Waals surface area contributed by atoms with Gasteiger partial charge in [0.15, 0.2) is 0 Å². The highest BCUT2D eigenvalue weighted by atomic mass is 35.5. The second-order valence-electron chi connectivity index (χ2n) is 4.83. The molecule has 0 radical (unpaired) electrons. The zero-order chi connectivity index (χ0) is 13.7. The Morgan fingerprint density at radius 3 is 2.50 bits per heavy atom. The third-order valence-electron chi connectivity index (χ3n) is 3.13. The average Bonchev–Trinajstić information content (AvgIpc) is 2.30. The molecule has 0 aliphatic carbocycles. The van der Waals surface area contributed by atoms with Crippen molar-refractivity contribution in [1.82, 2.24) is 4.90 Å². The van der Waals surface area contributed by atoms with Gasteiger partial charge in [0.1, 0.15) is 0 Å². The highest BCUT2D eigenvalue weighted by molar-refractivity contribution is 6.31. The standard InChI is InChI=1S/C14H23ClN2O/c1-4-13(16)14(17(3)9-10(2)18)11-7-5-6-8-12(11)15/h5-8,10,13-14,18H,4,9,16H2,1-3H3. The summed E-state index contributed by atoms with van der Waals surface area (Å²) in [5, 5.41) is 10.3. The van der Waals surface area contributed by atoms with Crippen LogP contribution < -0.4 is 5.73 Å². The molecule has 3 unspecified atom stereocenters. The molecule has 1 aromatic rings. The number of hydrogen-bond acceptors (Lipinski definition) is 3. The van der Waals surface area contributed by atoms with Crippen molar-refractivity contribution < 1.29 is 5.11 Å². The van der Waals surface area contributed by atoms with Crippen LogP contribution in [0.2, 0.25) is 5.02 Å². The van der Waals surface area contributed by atoms with Crippen LogP contribution in [-0.2, 0) is 0 Å². The monoisotopic (exact) mass is 270 g/mol. The summed E-state index contributed by atoms with van der Waals surface area (Å²) in [7, 11) is 1.97. The van der Waals surface area contributed by atoms with Crippen molar-refractivity contribution in [2.45, 2.75) is 38.5 Å². The van der Waals surface area contributed by atoms with Gasteiger partial charge in [-0.05, 0) is 32.0 Å². The van der Waals surface area contributed by atoms with Gasteiger partial charge < -0.3 is 10.8 Å². The Balaban J connectivity index is 3.02. The van der Waals surface area contributed by atoms with Crippen LogP contribution in [0, 0.1) is 0 Å². The molecule has 1 aromatic carbocycles. The number of hydrogen-bond donors (Lipinski definition) is 2. The van der Waals surface area contributed by atoms with Crippen LogP contribution in [0.25, 0.3) is 0 Å². The van der Waals surface area contributed by atoms with Crippen molar-refractivity contribution in [3.8, 4) is 0 Å². The molecule has 3 atom stereocenters. The van der Waals surface area contributed by atoms with Gasteiger partial charge in [0, 0.05) is 17.6 Å². The van der Waals surface area contributed by atoms with Crippen LogP contribution in [0.15, 0.2) is 24.3 Å². The van der Waals surface area contributed by atoms with Gasteiger partial charge in [-0.15, -0.1) is 0 Å². The summed E-state index contributed by atoms with van der Waals surface area (Å²) in [6.45, 7) is 4.41. The van der Waals surface area contributed by atoms with Crippen LogP contribution in [0.5, 0.6) is 0 Å². The van der Waals surface area contributed by atoms with E-state index in [0.717, 1.165) is 17.0 Å². The van der Waals surface area contributed by atoms with Crippen LogP contribution >= 0.6 is 11.6 Å². The minimum Gasteiger partial charge on any atom is -0.392 e. The van der Waals surface area contributed by atoms with E-state index in [0.29, 0.717) is 6.54 Å². The van der Waals surface area contributed by atoms with Gasteiger partial charge in [-0.3, -0.25) is 4.90 Å². The molecule has 3 N–H and O–H groups in total. The number of nitrogens with two attached hydrogens (primary N) is 1. The zero-order valence-corrected chi connectivity index (χ0v) is 12.1. The maximum atomic E-state index is 9.53. The van der Waals surface area contributed by atoms with Crippen LogP contribution in [0.1, 0.15) is 31.9 Å². The van der Waals surface area contributed by atoms with E-state index >= 15 is 0 Å². The normalized spacial score (nSPS) is 16.6. The lowest BCUT2D eigenvalue weighted by molar-refractivity contribution is 0.107. The van der Waals surface area contributed by atoms with Crippen molar-refractivity contribution in [1.29, 1.82) is 0 Å². The van der Waals surface area contributed by atoms with Crippen molar-refractivity contribution in [3.63, 3.8) is 0 Å². The van der Waals surface area contributed by atoms with Gasteiger partial charge in [-0.2, -0.15) is 0 Å². The molecule has 0 bridgehead atoms. The van der Waals surface area contributed by atoms with Gasteiger partial charge in [-0.25, -0.2) is 0 Å². The molecule has 3 nitrogen and oxygen atoms in total. The summed E-state index contributed by atoms with van der Waals surface area (Å²) in [5.41, 5.74) is 7.24. The topological polar surface area (TPSA) is 49.5 Å². The van der Waals surface area contributed by atoms with Crippen LogP contribution in [0.4, 0.5) is 0 Å². The van der Waals surface area contributed by atoms with E-state index in [9.17, 15) is 5.11 Å². The summed E-state index contributed by atoms with van der Waals surface area (Å²) < 4.78 is 0. The quantitative estimate of drug-likeness (QED) is 0.835. The van der Waals surface area contributed by atoms with E-state index < -0.39 is 0 Å². The molecular weight excluding hydrogens is 248 g/mol. The second kappa shape index (κ2) is 7.10. The number of halogens is 1. The smallest absolute Gasteiger partial charge is 0.0639 e. The average molecular weight is 271 g/mol. The number of nitrogens with zero attached hydrogens (tertiary/aromatic N) is 1. The molecule has 0 fully saturated rings. The first kappa shape index (κ1) is 15.4. The first-order valence-electron chi connectivity index (χ1n) is 6.35. The lowest BCUT2D eigenvalue weighted by atomic mass is 9.96. The number of aliphatic hydroxyl groups excluding tert-OH is 1. The summed E-state index contributed by atoms with van der Waals surface area (Å²) in [5.74, 6) is 0. The van der Waals surface area contributed by atoms with E-state index in [1.54, 1.807) is 6.92 Å².